The van der Waals surface area contributed by atoms with Crippen LogP contribution >= 0.6 is 0 Å². The minimum atomic E-state index is -1.25. The van der Waals surface area contributed by atoms with Gasteiger partial charge in [-0.25, -0.2) is 8.78 Å². The molecule has 0 saturated heterocycles. The second-order valence-electron chi connectivity index (χ2n) is 4.68. The lowest BCUT2D eigenvalue weighted by molar-refractivity contribution is -0.385. The number of carbonyl (C=O) groups is 1. The Labute approximate surface area is 113 Å². The van der Waals surface area contributed by atoms with Gasteiger partial charge in [0.15, 0.2) is 11.6 Å². The van der Waals surface area contributed by atoms with Crippen LogP contribution in [0.25, 0.3) is 0 Å². The van der Waals surface area contributed by atoms with E-state index >= 15 is 0 Å². The first-order valence-electron chi connectivity index (χ1n) is 5.82. The molecule has 0 spiro atoms. The highest BCUT2D eigenvalue weighted by Crippen LogP contribution is 2.28. The van der Waals surface area contributed by atoms with E-state index in [-0.39, 0.29) is 12.5 Å². The number of non-ortho nitro benzene ring substituents is 1. The molecule has 1 aromatic carbocycles. The van der Waals surface area contributed by atoms with Gasteiger partial charge in [-0.1, -0.05) is 13.8 Å². The molecular weight excluding hydrogens is 274 g/mol. The quantitative estimate of drug-likeness (QED) is 0.642. The van der Waals surface area contributed by atoms with Crippen molar-refractivity contribution in [1.82, 2.24) is 0 Å². The lowest BCUT2D eigenvalue weighted by Crippen LogP contribution is -2.34. The molecule has 6 nitrogen and oxygen atoms in total. The fourth-order valence-corrected chi connectivity index (χ4v) is 1.80. The van der Waals surface area contributed by atoms with Gasteiger partial charge in [0.05, 0.1) is 17.1 Å². The fraction of sp³-hybridized carbons (Fsp3) is 0.417. The van der Waals surface area contributed by atoms with Crippen molar-refractivity contribution in [3.8, 4) is 0 Å². The Balaban J connectivity index is 3.25. The molecule has 110 valence electrons. The average molecular weight is 288 g/mol. The third-order valence-corrected chi connectivity index (χ3v) is 2.44. The van der Waals surface area contributed by atoms with Crippen molar-refractivity contribution in [2.45, 2.75) is 13.8 Å². The summed E-state index contributed by atoms with van der Waals surface area (Å²) >= 11 is 0. The van der Waals surface area contributed by atoms with E-state index in [0.717, 1.165) is 4.90 Å². The third-order valence-electron chi connectivity index (χ3n) is 2.44. The maximum absolute atomic E-state index is 13.8. The number of benzene rings is 1. The van der Waals surface area contributed by atoms with Gasteiger partial charge in [0, 0.05) is 6.54 Å². The third kappa shape index (κ3) is 3.87. The second kappa shape index (κ2) is 6.27. The molecule has 0 aliphatic carbocycles. The molecule has 20 heavy (non-hydrogen) atoms. The molecule has 0 aromatic heterocycles. The molecule has 0 unspecified atom stereocenters. The van der Waals surface area contributed by atoms with Crippen molar-refractivity contribution in [3.63, 3.8) is 0 Å². The lowest BCUT2D eigenvalue weighted by Gasteiger charge is -2.25. The summed E-state index contributed by atoms with van der Waals surface area (Å²) in [7, 11) is 0. The van der Waals surface area contributed by atoms with Gasteiger partial charge in [0.25, 0.3) is 5.69 Å². The summed E-state index contributed by atoms with van der Waals surface area (Å²) in [6, 6.07) is 1.15. The van der Waals surface area contributed by atoms with Crippen LogP contribution in [-0.4, -0.2) is 29.1 Å². The van der Waals surface area contributed by atoms with Crippen LogP contribution in [0.3, 0.4) is 0 Å². The first kappa shape index (κ1) is 15.8. The zero-order valence-corrected chi connectivity index (χ0v) is 11.0. The van der Waals surface area contributed by atoms with E-state index in [1.807, 2.05) is 0 Å². The average Bonchev–Trinajstić information content (AvgIpc) is 2.25. The number of carboxylic acid groups (broad SMARTS) is 1. The Morgan fingerprint density at radius 3 is 2.25 bits per heavy atom. The Morgan fingerprint density at radius 2 is 1.90 bits per heavy atom. The molecule has 0 heterocycles. The monoisotopic (exact) mass is 288 g/mol. The van der Waals surface area contributed by atoms with Crippen molar-refractivity contribution < 1.29 is 23.6 Å². The van der Waals surface area contributed by atoms with Crippen LogP contribution in [0.15, 0.2) is 12.1 Å². The van der Waals surface area contributed by atoms with Crippen molar-refractivity contribution in [1.29, 1.82) is 0 Å². The number of carboxylic acids is 1. The maximum Gasteiger partial charge on any atom is 0.323 e. The molecule has 0 aliphatic rings. The number of rotatable bonds is 6. The number of nitro benzene ring substituents is 1. The smallest absolute Gasteiger partial charge is 0.323 e. The van der Waals surface area contributed by atoms with Crippen molar-refractivity contribution in [2.75, 3.05) is 18.0 Å². The fourth-order valence-electron chi connectivity index (χ4n) is 1.80. The normalized spacial score (nSPS) is 10.7. The van der Waals surface area contributed by atoms with Crippen LogP contribution in [0, 0.1) is 27.7 Å². The molecule has 1 rings (SSSR count). The van der Waals surface area contributed by atoms with E-state index in [0.29, 0.717) is 12.1 Å². The summed E-state index contributed by atoms with van der Waals surface area (Å²) in [5.41, 5.74) is -1.28. The predicted octanol–water partition coefficient (Wildman–Crippen LogP) is 2.42. The number of aliphatic carboxylic acids is 1. The largest absolute Gasteiger partial charge is 0.480 e. The number of nitro groups is 1. The van der Waals surface area contributed by atoms with Gasteiger partial charge in [-0.15, -0.1) is 0 Å². The van der Waals surface area contributed by atoms with Crippen molar-refractivity contribution in [3.05, 3.63) is 33.9 Å². The molecule has 0 atom stereocenters. The summed E-state index contributed by atoms with van der Waals surface area (Å²) in [5.74, 6) is -3.59. The van der Waals surface area contributed by atoms with Crippen LogP contribution in [0.5, 0.6) is 0 Å². The van der Waals surface area contributed by atoms with Gasteiger partial charge in [0.2, 0.25) is 0 Å². The Bertz CT molecular complexity index is 511. The van der Waals surface area contributed by atoms with E-state index in [9.17, 15) is 23.7 Å². The van der Waals surface area contributed by atoms with Gasteiger partial charge in [0.1, 0.15) is 12.2 Å². The van der Waals surface area contributed by atoms with Crippen LogP contribution in [0.1, 0.15) is 13.8 Å². The van der Waals surface area contributed by atoms with Crippen LogP contribution < -0.4 is 4.90 Å². The topological polar surface area (TPSA) is 83.7 Å². The number of halogens is 2. The van der Waals surface area contributed by atoms with E-state index in [1.54, 1.807) is 13.8 Å². The molecule has 1 aromatic rings. The van der Waals surface area contributed by atoms with E-state index in [2.05, 4.69) is 0 Å². The highest BCUT2D eigenvalue weighted by molar-refractivity contribution is 5.74. The number of anilines is 1. The van der Waals surface area contributed by atoms with Crippen LogP contribution in [0.4, 0.5) is 20.2 Å². The van der Waals surface area contributed by atoms with Gasteiger partial charge in [-0.3, -0.25) is 14.9 Å². The second-order valence-corrected chi connectivity index (χ2v) is 4.68. The first-order chi connectivity index (χ1) is 9.22. The molecule has 0 radical (unpaired) electrons. The van der Waals surface area contributed by atoms with E-state index < -0.39 is 40.4 Å². The zero-order chi connectivity index (χ0) is 15.4. The molecule has 0 fully saturated rings. The summed E-state index contributed by atoms with van der Waals surface area (Å²) in [5, 5.41) is 19.3. The highest BCUT2D eigenvalue weighted by Gasteiger charge is 2.23. The molecule has 0 bridgehead atoms. The molecular formula is C12H14F2N2O4. The van der Waals surface area contributed by atoms with Gasteiger partial charge >= 0.3 is 5.97 Å². The van der Waals surface area contributed by atoms with Gasteiger partial charge in [-0.2, -0.15) is 0 Å². The SMILES string of the molecule is CC(C)CN(CC(=O)O)c1c(F)cc([N+](=O)[O-])cc1F. The Morgan fingerprint density at radius 1 is 1.40 bits per heavy atom. The number of hydrogen-bond donors (Lipinski definition) is 1. The maximum atomic E-state index is 13.8. The number of nitrogens with zero attached hydrogens (tertiary/aromatic N) is 2. The van der Waals surface area contributed by atoms with Gasteiger partial charge in [-0.05, 0) is 5.92 Å². The zero-order valence-electron chi connectivity index (χ0n) is 11.0. The highest BCUT2D eigenvalue weighted by atomic mass is 19.1. The first-order valence-corrected chi connectivity index (χ1v) is 5.82. The van der Waals surface area contributed by atoms with E-state index in [1.165, 1.54) is 0 Å². The molecule has 0 saturated carbocycles. The number of hydrogen-bond acceptors (Lipinski definition) is 4. The molecule has 8 heteroatoms. The van der Waals surface area contributed by atoms with Crippen LogP contribution in [-0.2, 0) is 4.79 Å². The summed E-state index contributed by atoms with van der Waals surface area (Å²) in [6.07, 6.45) is 0. The standard InChI is InChI=1S/C12H14F2N2O4/c1-7(2)5-15(6-11(17)18)12-9(13)3-8(16(19)20)4-10(12)14/h3-4,7H,5-6H2,1-2H3,(H,17,18). The molecule has 0 aliphatic heterocycles. The summed E-state index contributed by atoms with van der Waals surface area (Å²) in [4.78, 5) is 21.4. The molecule has 1 N–H and O–H groups in total. The van der Waals surface area contributed by atoms with Gasteiger partial charge < -0.3 is 10.0 Å². The predicted molar refractivity (Wildman–Crippen MR) is 67.7 cm³/mol. The Hall–Kier alpha value is -2.25. The van der Waals surface area contributed by atoms with Crippen LogP contribution in [0.2, 0.25) is 0 Å². The summed E-state index contributed by atoms with van der Waals surface area (Å²) < 4.78 is 27.7. The minimum absolute atomic E-state index is 0.0386. The summed E-state index contributed by atoms with van der Waals surface area (Å²) in [6.45, 7) is 3.04. The van der Waals surface area contributed by atoms with E-state index in [4.69, 9.17) is 5.11 Å². The van der Waals surface area contributed by atoms with Crippen molar-refractivity contribution >= 4 is 17.3 Å². The van der Waals surface area contributed by atoms with Crippen molar-refractivity contribution in [2.24, 2.45) is 5.92 Å². The Kier molecular flexibility index (Phi) is 4.95. The lowest BCUT2D eigenvalue weighted by atomic mass is 10.1. The molecule has 0 amide bonds. The minimum Gasteiger partial charge on any atom is -0.480 e.